The Hall–Kier alpha value is -0.870. The SMILES string of the molecule is COc1ccc(C(C)NC2CCC(SC)CC2)c(O)c1. The van der Waals surface area contributed by atoms with E-state index in [-0.39, 0.29) is 6.04 Å². The third kappa shape index (κ3) is 3.83. The largest absolute Gasteiger partial charge is 0.507 e. The van der Waals surface area contributed by atoms with Gasteiger partial charge in [-0.15, -0.1) is 0 Å². The van der Waals surface area contributed by atoms with Crippen LogP contribution in [-0.2, 0) is 0 Å². The molecule has 1 fully saturated rings. The van der Waals surface area contributed by atoms with Crippen LogP contribution in [0.4, 0.5) is 0 Å². The van der Waals surface area contributed by atoms with Gasteiger partial charge in [-0.25, -0.2) is 0 Å². The molecule has 0 heterocycles. The molecule has 0 saturated heterocycles. The maximum atomic E-state index is 10.1. The minimum absolute atomic E-state index is 0.164. The highest BCUT2D eigenvalue weighted by Crippen LogP contribution is 2.31. The van der Waals surface area contributed by atoms with Gasteiger partial charge in [-0.05, 0) is 44.9 Å². The second kappa shape index (κ2) is 7.23. The van der Waals surface area contributed by atoms with Gasteiger partial charge < -0.3 is 15.2 Å². The molecule has 3 nitrogen and oxygen atoms in total. The van der Waals surface area contributed by atoms with E-state index in [1.165, 1.54) is 25.7 Å². The van der Waals surface area contributed by atoms with Gasteiger partial charge in [0.25, 0.3) is 0 Å². The molecule has 20 heavy (non-hydrogen) atoms. The molecule has 0 spiro atoms. The fourth-order valence-corrected chi connectivity index (χ4v) is 3.67. The number of benzene rings is 1. The number of aromatic hydroxyl groups is 1. The Morgan fingerprint density at radius 2 is 2.00 bits per heavy atom. The lowest BCUT2D eigenvalue weighted by atomic mass is 9.93. The summed E-state index contributed by atoms with van der Waals surface area (Å²) in [5, 5.41) is 14.6. The normalized spacial score (nSPS) is 24.4. The molecule has 1 aliphatic carbocycles. The van der Waals surface area contributed by atoms with Gasteiger partial charge in [-0.2, -0.15) is 11.8 Å². The fourth-order valence-electron chi connectivity index (χ4n) is 2.93. The third-order valence-electron chi connectivity index (χ3n) is 4.20. The zero-order valence-corrected chi connectivity index (χ0v) is 13.4. The molecule has 0 bridgehead atoms. The smallest absolute Gasteiger partial charge is 0.124 e. The van der Waals surface area contributed by atoms with Crippen LogP contribution in [0, 0.1) is 0 Å². The molecule has 0 aromatic heterocycles. The summed E-state index contributed by atoms with van der Waals surface area (Å²) in [6.07, 6.45) is 7.25. The predicted octanol–water partition coefficient (Wildman–Crippen LogP) is 3.73. The van der Waals surface area contributed by atoms with Crippen molar-refractivity contribution in [3.63, 3.8) is 0 Å². The Morgan fingerprint density at radius 3 is 2.55 bits per heavy atom. The number of methoxy groups -OCH3 is 1. The highest BCUT2D eigenvalue weighted by atomic mass is 32.2. The van der Waals surface area contributed by atoms with Gasteiger partial charge >= 0.3 is 0 Å². The number of phenolic OH excluding ortho intramolecular Hbond substituents is 1. The van der Waals surface area contributed by atoms with Crippen LogP contribution >= 0.6 is 11.8 Å². The van der Waals surface area contributed by atoms with E-state index in [2.05, 4.69) is 18.5 Å². The third-order valence-corrected chi connectivity index (χ3v) is 5.34. The molecule has 1 unspecified atom stereocenters. The molecule has 1 saturated carbocycles. The summed E-state index contributed by atoms with van der Waals surface area (Å²) >= 11 is 1.99. The number of thioether (sulfide) groups is 1. The van der Waals surface area contributed by atoms with Gasteiger partial charge in [0.2, 0.25) is 0 Å². The lowest BCUT2D eigenvalue weighted by molar-refractivity contribution is 0.346. The molecule has 0 amide bonds. The fraction of sp³-hybridized carbons (Fsp3) is 0.625. The van der Waals surface area contributed by atoms with Crippen molar-refractivity contribution in [1.82, 2.24) is 5.32 Å². The summed E-state index contributed by atoms with van der Waals surface area (Å²) in [6, 6.07) is 6.25. The van der Waals surface area contributed by atoms with E-state index < -0.39 is 0 Å². The van der Waals surface area contributed by atoms with Crippen molar-refractivity contribution in [2.75, 3.05) is 13.4 Å². The van der Waals surface area contributed by atoms with E-state index >= 15 is 0 Å². The first kappa shape index (κ1) is 15.5. The average Bonchev–Trinajstić information content (AvgIpc) is 2.47. The second-order valence-corrected chi connectivity index (χ2v) is 6.66. The Balaban J connectivity index is 1.93. The molecule has 0 aliphatic heterocycles. The summed E-state index contributed by atoms with van der Waals surface area (Å²) in [5.74, 6) is 1.00. The first-order valence-electron chi connectivity index (χ1n) is 7.29. The lowest BCUT2D eigenvalue weighted by Gasteiger charge is -2.30. The molecular weight excluding hydrogens is 270 g/mol. The minimum atomic E-state index is 0.164. The van der Waals surface area contributed by atoms with E-state index in [0.29, 0.717) is 17.5 Å². The molecule has 112 valence electrons. The summed E-state index contributed by atoms with van der Waals surface area (Å²) in [5.41, 5.74) is 0.942. The molecule has 1 aromatic rings. The van der Waals surface area contributed by atoms with Gasteiger partial charge in [-0.3, -0.25) is 0 Å². The number of hydrogen-bond acceptors (Lipinski definition) is 4. The van der Waals surface area contributed by atoms with Gasteiger partial charge in [0.1, 0.15) is 11.5 Å². The molecule has 2 rings (SSSR count). The molecular formula is C16H25NO2S. The van der Waals surface area contributed by atoms with Crippen LogP contribution in [-0.4, -0.2) is 29.8 Å². The number of ether oxygens (including phenoxy) is 1. The van der Waals surface area contributed by atoms with E-state index in [4.69, 9.17) is 4.74 Å². The standard InChI is InChI=1S/C16H25NO2S/c1-11(15-9-6-13(19-2)10-16(15)18)17-12-4-7-14(20-3)8-5-12/h6,9-12,14,17-18H,4-5,7-8H2,1-3H3. The average molecular weight is 295 g/mol. The molecule has 1 aliphatic rings. The van der Waals surface area contributed by atoms with E-state index in [1.54, 1.807) is 13.2 Å². The topological polar surface area (TPSA) is 41.5 Å². The van der Waals surface area contributed by atoms with Crippen molar-refractivity contribution in [2.45, 2.75) is 49.9 Å². The van der Waals surface area contributed by atoms with Crippen LogP contribution in [0.25, 0.3) is 0 Å². The molecule has 2 N–H and O–H groups in total. The highest BCUT2D eigenvalue weighted by molar-refractivity contribution is 7.99. The van der Waals surface area contributed by atoms with Crippen LogP contribution < -0.4 is 10.1 Å². The van der Waals surface area contributed by atoms with Crippen molar-refractivity contribution in [3.8, 4) is 11.5 Å². The van der Waals surface area contributed by atoms with Crippen LogP contribution in [0.5, 0.6) is 11.5 Å². The minimum Gasteiger partial charge on any atom is -0.507 e. The van der Waals surface area contributed by atoms with Crippen molar-refractivity contribution in [1.29, 1.82) is 0 Å². The zero-order valence-electron chi connectivity index (χ0n) is 12.6. The molecule has 1 atom stereocenters. The van der Waals surface area contributed by atoms with E-state index in [9.17, 15) is 5.11 Å². The monoisotopic (exact) mass is 295 g/mol. The zero-order chi connectivity index (χ0) is 14.5. The summed E-state index contributed by atoms with van der Waals surface area (Å²) in [7, 11) is 1.61. The van der Waals surface area contributed by atoms with E-state index in [1.807, 2.05) is 23.9 Å². The maximum absolute atomic E-state index is 10.1. The van der Waals surface area contributed by atoms with Crippen molar-refractivity contribution in [3.05, 3.63) is 23.8 Å². The highest BCUT2D eigenvalue weighted by Gasteiger charge is 2.22. The van der Waals surface area contributed by atoms with E-state index in [0.717, 1.165) is 10.8 Å². The van der Waals surface area contributed by atoms with Crippen molar-refractivity contribution < 1.29 is 9.84 Å². The van der Waals surface area contributed by atoms with Crippen molar-refractivity contribution >= 4 is 11.8 Å². The molecule has 1 aromatic carbocycles. The summed E-state index contributed by atoms with van der Waals surface area (Å²) in [6.45, 7) is 2.11. The maximum Gasteiger partial charge on any atom is 0.124 e. The first-order chi connectivity index (χ1) is 9.63. The lowest BCUT2D eigenvalue weighted by Crippen LogP contribution is -2.35. The Morgan fingerprint density at radius 1 is 1.30 bits per heavy atom. The number of rotatable bonds is 5. The summed E-state index contributed by atoms with van der Waals surface area (Å²) < 4.78 is 5.12. The van der Waals surface area contributed by atoms with Gasteiger partial charge in [0.15, 0.2) is 0 Å². The summed E-state index contributed by atoms with van der Waals surface area (Å²) in [4.78, 5) is 0. The Labute approximate surface area is 126 Å². The molecule has 4 heteroatoms. The van der Waals surface area contributed by atoms with Gasteiger partial charge in [0, 0.05) is 29.0 Å². The number of phenols is 1. The number of hydrogen-bond donors (Lipinski definition) is 2. The Bertz CT molecular complexity index is 430. The Kier molecular flexibility index (Phi) is 5.61. The quantitative estimate of drug-likeness (QED) is 0.868. The second-order valence-electron chi connectivity index (χ2n) is 5.52. The van der Waals surface area contributed by atoms with Crippen LogP contribution in [0.15, 0.2) is 18.2 Å². The van der Waals surface area contributed by atoms with Crippen molar-refractivity contribution in [2.24, 2.45) is 0 Å². The van der Waals surface area contributed by atoms with Crippen LogP contribution in [0.1, 0.15) is 44.2 Å². The van der Waals surface area contributed by atoms with Crippen LogP contribution in [0.3, 0.4) is 0 Å². The van der Waals surface area contributed by atoms with Gasteiger partial charge in [0.05, 0.1) is 7.11 Å². The first-order valence-corrected chi connectivity index (χ1v) is 8.58. The number of nitrogens with one attached hydrogen (secondary N) is 1. The molecule has 0 radical (unpaired) electrons. The predicted molar refractivity (Wildman–Crippen MR) is 85.8 cm³/mol. The van der Waals surface area contributed by atoms with Gasteiger partial charge in [-0.1, -0.05) is 6.07 Å². The van der Waals surface area contributed by atoms with Crippen LogP contribution in [0.2, 0.25) is 0 Å².